The summed E-state index contributed by atoms with van der Waals surface area (Å²) in [5.74, 6) is 0.0291. The number of hydrogen-bond donors (Lipinski definition) is 2. The zero-order valence-electron chi connectivity index (χ0n) is 11.6. The SMILES string of the molecule is CCCC1(C(=O)NOC(C)(C)C)CCCNC1. The molecule has 4 nitrogen and oxygen atoms in total. The number of hydroxylamine groups is 1. The van der Waals surface area contributed by atoms with Gasteiger partial charge in [-0.1, -0.05) is 13.3 Å². The number of rotatable bonds is 4. The fourth-order valence-electron chi connectivity index (χ4n) is 2.27. The van der Waals surface area contributed by atoms with Gasteiger partial charge in [-0.2, -0.15) is 0 Å². The average molecular weight is 242 g/mol. The maximum atomic E-state index is 12.3. The smallest absolute Gasteiger partial charge is 0.251 e. The third-order valence-corrected chi connectivity index (χ3v) is 3.13. The van der Waals surface area contributed by atoms with Crippen molar-refractivity contribution in [3.8, 4) is 0 Å². The number of piperidine rings is 1. The van der Waals surface area contributed by atoms with E-state index in [1.807, 2.05) is 20.8 Å². The molecule has 0 saturated carbocycles. The van der Waals surface area contributed by atoms with Gasteiger partial charge in [-0.15, -0.1) is 0 Å². The van der Waals surface area contributed by atoms with E-state index in [0.717, 1.165) is 38.8 Å². The van der Waals surface area contributed by atoms with Gasteiger partial charge in [0.15, 0.2) is 0 Å². The van der Waals surface area contributed by atoms with Crippen molar-refractivity contribution in [3.05, 3.63) is 0 Å². The highest BCUT2D eigenvalue weighted by Gasteiger charge is 2.39. The second kappa shape index (κ2) is 5.83. The largest absolute Gasteiger partial charge is 0.316 e. The summed E-state index contributed by atoms with van der Waals surface area (Å²) in [5, 5.41) is 3.32. The van der Waals surface area contributed by atoms with Gasteiger partial charge in [-0.05, 0) is 46.6 Å². The van der Waals surface area contributed by atoms with E-state index in [4.69, 9.17) is 4.84 Å². The molecule has 1 amide bonds. The molecule has 100 valence electrons. The quantitative estimate of drug-likeness (QED) is 0.741. The third kappa shape index (κ3) is 4.28. The average Bonchev–Trinajstić information content (AvgIpc) is 2.26. The normalized spacial score (nSPS) is 25.6. The van der Waals surface area contributed by atoms with Crippen LogP contribution in [-0.2, 0) is 9.63 Å². The summed E-state index contributed by atoms with van der Waals surface area (Å²) in [7, 11) is 0. The Bertz CT molecular complexity index is 247. The number of hydrogen-bond acceptors (Lipinski definition) is 3. The number of amides is 1. The first-order valence-electron chi connectivity index (χ1n) is 6.59. The van der Waals surface area contributed by atoms with E-state index >= 15 is 0 Å². The van der Waals surface area contributed by atoms with Gasteiger partial charge in [-0.25, -0.2) is 5.48 Å². The maximum absolute atomic E-state index is 12.3. The van der Waals surface area contributed by atoms with Crippen molar-refractivity contribution >= 4 is 5.91 Å². The molecule has 1 heterocycles. The van der Waals surface area contributed by atoms with Crippen LogP contribution in [0.3, 0.4) is 0 Å². The first-order valence-corrected chi connectivity index (χ1v) is 6.59. The van der Waals surface area contributed by atoms with E-state index in [9.17, 15) is 4.79 Å². The summed E-state index contributed by atoms with van der Waals surface area (Å²) in [5.41, 5.74) is 2.02. The Labute approximate surface area is 104 Å². The molecular weight excluding hydrogens is 216 g/mol. The van der Waals surface area contributed by atoms with Gasteiger partial charge >= 0.3 is 0 Å². The lowest BCUT2D eigenvalue weighted by Gasteiger charge is -2.36. The fourth-order valence-corrected chi connectivity index (χ4v) is 2.27. The maximum Gasteiger partial charge on any atom is 0.251 e. The lowest BCUT2D eigenvalue weighted by molar-refractivity contribution is -0.157. The van der Waals surface area contributed by atoms with Gasteiger partial charge in [0.05, 0.1) is 11.0 Å². The van der Waals surface area contributed by atoms with E-state index in [1.165, 1.54) is 0 Å². The molecule has 0 aromatic heterocycles. The lowest BCUT2D eigenvalue weighted by Crippen LogP contribution is -2.51. The predicted molar refractivity (Wildman–Crippen MR) is 68.4 cm³/mol. The predicted octanol–water partition coefficient (Wildman–Crippen LogP) is 2.00. The molecule has 4 heteroatoms. The van der Waals surface area contributed by atoms with Crippen LogP contribution in [0.25, 0.3) is 0 Å². The number of carbonyl (C=O) groups is 1. The van der Waals surface area contributed by atoms with E-state index in [2.05, 4.69) is 17.7 Å². The highest BCUT2D eigenvalue weighted by Crippen LogP contribution is 2.32. The Hall–Kier alpha value is -0.610. The van der Waals surface area contributed by atoms with Gasteiger partial charge in [0.25, 0.3) is 5.91 Å². The molecule has 1 aliphatic heterocycles. The van der Waals surface area contributed by atoms with Crippen molar-refractivity contribution in [3.63, 3.8) is 0 Å². The van der Waals surface area contributed by atoms with Crippen LogP contribution in [0, 0.1) is 5.41 Å². The molecule has 0 aromatic carbocycles. The summed E-state index contributed by atoms with van der Waals surface area (Å²) < 4.78 is 0. The molecule has 1 rings (SSSR count). The molecule has 0 radical (unpaired) electrons. The van der Waals surface area contributed by atoms with Crippen LogP contribution in [0.2, 0.25) is 0 Å². The monoisotopic (exact) mass is 242 g/mol. The fraction of sp³-hybridized carbons (Fsp3) is 0.923. The Balaban J connectivity index is 2.60. The Morgan fingerprint density at radius 2 is 2.18 bits per heavy atom. The van der Waals surface area contributed by atoms with Crippen LogP contribution in [0.15, 0.2) is 0 Å². The molecule has 1 atom stereocenters. The van der Waals surface area contributed by atoms with Crippen molar-refractivity contribution in [1.29, 1.82) is 0 Å². The Morgan fingerprint density at radius 1 is 1.47 bits per heavy atom. The highest BCUT2D eigenvalue weighted by atomic mass is 16.7. The van der Waals surface area contributed by atoms with E-state index in [1.54, 1.807) is 0 Å². The van der Waals surface area contributed by atoms with Crippen LogP contribution in [-0.4, -0.2) is 24.6 Å². The molecule has 0 spiro atoms. The van der Waals surface area contributed by atoms with E-state index in [-0.39, 0.29) is 16.9 Å². The molecule has 1 unspecified atom stereocenters. The molecule has 1 saturated heterocycles. The zero-order valence-corrected chi connectivity index (χ0v) is 11.6. The second-order valence-electron chi connectivity index (χ2n) is 5.96. The van der Waals surface area contributed by atoms with Crippen LogP contribution in [0.5, 0.6) is 0 Å². The highest BCUT2D eigenvalue weighted by molar-refractivity contribution is 5.82. The van der Waals surface area contributed by atoms with Crippen molar-refractivity contribution in [2.75, 3.05) is 13.1 Å². The molecule has 1 aliphatic rings. The minimum absolute atomic E-state index is 0.0291. The van der Waals surface area contributed by atoms with Crippen molar-refractivity contribution in [2.24, 2.45) is 5.41 Å². The van der Waals surface area contributed by atoms with Crippen LogP contribution in [0.1, 0.15) is 53.4 Å². The number of carbonyl (C=O) groups excluding carboxylic acids is 1. The van der Waals surface area contributed by atoms with Crippen LogP contribution < -0.4 is 10.8 Å². The summed E-state index contributed by atoms with van der Waals surface area (Å²) in [6.45, 7) is 9.68. The molecule has 0 aliphatic carbocycles. The number of nitrogens with one attached hydrogen (secondary N) is 2. The first kappa shape index (κ1) is 14.5. The van der Waals surface area contributed by atoms with Gasteiger partial charge in [0, 0.05) is 6.54 Å². The van der Waals surface area contributed by atoms with Crippen LogP contribution >= 0.6 is 0 Å². The standard InChI is InChI=1S/C13H26N2O2/c1-5-7-13(8-6-9-14-10-13)11(16)15-17-12(2,3)4/h14H,5-10H2,1-4H3,(H,15,16). The van der Waals surface area contributed by atoms with Crippen LogP contribution in [0.4, 0.5) is 0 Å². The van der Waals surface area contributed by atoms with E-state index < -0.39 is 0 Å². The molecule has 2 N–H and O–H groups in total. The molecule has 17 heavy (non-hydrogen) atoms. The summed E-state index contributed by atoms with van der Waals surface area (Å²) >= 11 is 0. The summed E-state index contributed by atoms with van der Waals surface area (Å²) in [6.07, 6.45) is 3.94. The molecular formula is C13H26N2O2. The van der Waals surface area contributed by atoms with Crippen molar-refractivity contribution in [1.82, 2.24) is 10.8 Å². The van der Waals surface area contributed by atoms with Gasteiger partial charge in [0.1, 0.15) is 0 Å². The minimum Gasteiger partial charge on any atom is -0.316 e. The zero-order chi connectivity index (χ0) is 12.9. The molecule has 0 aromatic rings. The summed E-state index contributed by atoms with van der Waals surface area (Å²) in [6, 6.07) is 0. The minimum atomic E-state index is -0.342. The van der Waals surface area contributed by atoms with Crippen molar-refractivity contribution < 1.29 is 9.63 Å². The van der Waals surface area contributed by atoms with E-state index in [0.29, 0.717) is 0 Å². The first-order chi connectivity index (χ1) is 7.90. The van der Waals surface area contributed by atoms with Gasteiger partial charge < -0.3 is 5.32 Å². The Morgan fingerprint density at radius 3 is 2.65 bits per heavy atom. The lowest BCUT2D eigenvalue weighted by atomic mass is 9.76. The Kier molecular flexibility index (Phi) is 4.95. The second-order valence-corrected chi connectivity index (χ2v) is 5.96. The third-order valence-electron chi connectivity index (χ3n) is 3.13. The van der Waals surface area contributed by atoms with Gasteiger partial charge in [0.2, 0.25) is 0 Å². The van der Waals surface area contributed by atoms with Crippen molar-refractivity contribution in [2.45, 2.75) is 59.0 Å². The molecule has 1 fully saturated rings. The summed E-state index contributed by atoms with van der Waals surface area (Å²) in [4.78, 5) is 17.7. The van der Waals surface area contributed by atoms with Gasteiger partial charge in [-0.3, -0.25) is 9.63 Å². The molecule has 0 bridgehead atoms. The topological polar surface area (TPSA) is 50.4 Å².